The molecule has 2 heterocycles. The fourth-order valence-corrected chi connectivity index (χ4v) is 2.66. The number of benzene rings is 1. The van der Waals surface area contributed by atoms with Gasteiger partial charge in [0.25, 0.3) is 0 Å². The van der Waals surface area contributed by atoms with Crippen molar-refractivity contribution >= 4 is 12.0 Å². The molecular weight excluding hydrogens is 238 g/mol. The van der Waals surface area contributed by atoms with Gasteiger partial charge < -0.3 is 9.64 Å². The van der Waals surface area contributed by atoms with E-state index in [1.165, 1.54) is 0 Å². The summed E-state index contributed by atoms with van der Waals surface area (Å²) >= 11 is 0. The lowest BCUT2D eigenvalue weighted by Crippen LogP contribution is -2.38. The third kappa shape index (κ3) is 3.24. The maximum Gasteiger partial charge on any atom is 0.246 e. The second kappa shape index (κ2) is 5.57. The minimum Gasteiger partial charge on any atom is -0.373 e. The highest BCUT2D eigenvalue weighted by atomic mass is 16.6. The van der Waals surface area contributed by atoms with E-state index in [-0.39, 0.29) is 5.91 Å². The third-order valence-electron chi connectivity index (χ3n) is 3.95. The van der Waals surface area contributed by atoms with E-state index in [1.807, 2.05) is 41.3 Å². The number of hydrogen-bond donors (Lipinski definition) is 0. The van der Waals surface area contributed by atoms with Gasteiger partial charge >= 0.3 is 0 Å². The van der Waals surface area contributed by atoms with Crippen LogP contribution in [-0.2, 0) is 9.53 Å². The SMILES string of the molecule is O=C(/C=C/c1ccccc1)N1CCC([C@H]2CO2)CC1. The van der Waals surface area contributed by atoms with Crippen molar-refractivity contribution in [1.29, 1.82) is 0 Å². The number of nitrogens with zero attached hydrogens (tertiary/aromatic N) is 1. The maximum atomic E-state index is 12.1. The van der Waals surface area contributed by atoms with Crippen LogP contribution in [0.25, 0.3) is 6.08 Å². The molecule has 0 N–H and O–H groups in total. The first-order chi connectivity index (χ1) is 9.33. The van der Waals surface area contributed by atoms with Crippen molar-refractivity contribution in [3.8, 4) is 0 Å². The van der Waals surface area contributed by atoms with Gasteiger partial charge in [0.1, 0.15) is 0 Å². The van der Waals surface area contributed by atoms with Gasteiger partial charge in [-0.1, -0.05) is 30.3 Å². The molecule has 0 unspecified atom stereocenters. The van der Waals surface area contributed by atoms with E-state index in [4.69, 9.17) is 4.74 Å². The molecule has 3 heteroatoms. The molecule has 1 aromatic rings. The van der Waals surface area contributed by atoms with Crippen molar-refractivity contribution in [3.63, 3.8) is 0 Å². The molecule has 2 aliphatic heterocycles. The molecule has 0 bridgehead atoms. The van der Waals surface area contributed by atoms with Gasteiger partial charge in [-0.15, -0.1) is 0 Å². The first-order valence-corrected chi connectivity index (χ1v) is 6.96. The number of rotatable bonds is 3. The van der Waals surface area contributed by atoms with Crippen molar-refractivity contribution in [2.45, 2.75) is 18.9 Å². The van der Waals surface area contributed by atoms with Gasteiger partial charge in [0.05, 0.1) is 12.7 Å². The lowest BCUT2D eigenvalue weighted by molar-refractivity contribution is -0.127. The van der Waals surface area contributed by atoms with Crippen molar-refractivity contribution in [1.82, 2.24) is 4.90 Å². The fourth-order valence-electron chi connectivity index (χ4n) is 2.66. The highest BCUT2D eigenvalue weighted by Gasteiger charge is 2.35. The van der Waals surface area contributed by atoms with Crippen LogP contribution in [0.4, 0.5) is 0 Å². The molecule has 2 fully saturated rings. The number of likely N-dealkylation sites (tertiary alicyclic amines) is 1. The Morgan fingerprint density at radius 2 is 1.89 bits per heavy atom. The van der Waals surface area contributed by atoms with Crippen LogP contribution in [0.3, 0.4) is 0 Å². The highest BCUT2D eigenvalue weighted by Crippen LogP contribution is 2.29. The van der Waals surface area contributed by atoms with E-state index in [1.54, 1.807) is 6.08 Å². The molecule has 100 valence electrons. The maximum absolute atomic E-state index is 12.1. The van der Waals surface area contributed by atoms with Gasteiger partial charge in [-0.2, -0.15) is 0 Å². The van der Waals surface area contributed by atoms with Crippen molar-refractivity contribution in [2.24, 2.45) is 5.92 Å². The van der Waals surface area contributed by atoms with Crippen LogP contribution in [0, 0.1) is 5.92 Å². The predicted octanol–water partition coefficient (Wildman–Crippen LogP) is 2.34. The molecule has 0 spiro atoms. The normalized spacial score (nSPS) is 23.8. The van der Waals surface area contributed by atoms with E-state index >= 15 is 0 Å². The molecule has 1 atom stereocenters. The fraction of sp³-hybridized carbons (Fsp3) is 0.438. The molecule has 19 heavy (non-hydrogen) atoms. The second-order valence-corrected chi connectivity index (χ2v) is 5.28. The lowest BCUT2D eigenvalue weighted by Gasteiger charge is -2.30. The van der Waals surface area contributed by atoms with Crippen molar-refractivity contribution in [3.05, 3.63) is 42.0 Å². The number of ether oxygens (including phenoxy) is 1. The Morgan fingerprint density at radius 1 is 1.21 bits per heavy atom. The van der Waals surface area contributed by atoms with E-state index in [2.05, 4.69) is 0 Å². The molecule has 0 aliphatic carbocycles. The summed E-state index contributed by atoms with van der Waals surface area (Å²) in [6.07, 6.45) is 6.21. The quantitative estimate of drug-likeness (QED) is 0.615. The van der Waals surface area contributed by atoms with Crippen LogP contribution in [0.2, 0.25) is 0 Å². The summed E-state index contributed by atoms with van der Waals surface area (Å²) < 4.78 is 5.33. The molecule has 2 aliphatic rings. The third-order valence-corrected chi connectivity index (χ3v) is 3.95. The Labute approximate surface area is 113 Å². The number of carbonyl (C=O) groups excluding carboxylic acids is 1. The van der Waals surface area contributed by atoms with Crippen molar-refractivity contribution < 1.29 is 9.53 Å². The van der Waals surface area contributed by atoms with E-state index in [9.17, 15) is 4.79 Å². The summed E-state index contributed by atoms with van der Waals surface area (Å²) in [7, 11) is 0. The summed E-state index contributed by atoms with van der Waals surface area (Å²) in [5.41, 5.74) is 1.07. The number of hydrogen-bond acceptors (Lipinski definition) is 2. The average Bonchev–Trinajstić information content (AvgIpc) is 3.31. The van der Waals surface area contributed by atoms with Gasteiger partial charge in [-0.3, -0.25) is 4.79 Å². The Morgan fingerprint density at radius 3 is 2.53 bits per heavy atom. The van der Waals surface area contributed by atoms with Gasteiger partial charge in [0.15, 0.2) is 0 Å². The van der Waals surface area contributed by atoms with Crippen LogP contribution in [0.5, 0.6) is 0 Å². The molecule has 0 aromatic heterocycles. The molecule has 0 saturated carbocycles. The van der Waals surface area contributed by atoms with Gasteiger partial charge in [-0.25, -0.2) is 0 Å². The first kappa shape index (κ1) is 12.4. The van der Waals surface area contributed by atoms with Crippen LogP contribution in [-0.4, -0.2) is 36.6 Å². The predicted molar refractivity (Wildman–Crippen MR) is 74.5 cm³/mol. The number of carbonyl (C=O) groups is 1. The standard InChI is InChI=1S/C16H19NO2/c18-16(7-6-13-4-2-1-3-5-13)17-10-8-14(9-11-17)15-12-19-15/h1-7,14-15H,8-12H2/b7-6+/t15-/m1/s1. The lowest BCUT2D eigenvalue weighted by atomic mass is 9.94. The number of piperidine rings is 1. The van der Waals surface area contributed by atoms with Gasteiger partial charge in [-0.05, 0) is 30.4 Å². The molecular formula is C16H19NO2. The van der Waals surface area contributed by atoms with Gasteiger partial charge in [0, 0.05) is 19.2 Å². The molecule has 0 radical (unpaired) electrons. The monoisotopic (exact) mass is 257 g/mol. The smallest absolute Gasteiger partial charge is 0.246 e. The molecule has 3 rings (SSSR count). The van der Waals surface area contributed by atoms with Crippen molar-refractivity contribution in [2.75, 3.05) is 19.7 Å². The van der Waals surface area contributed by atoms with E-state index in [0.717, 1.165) is 38.1 Å². The zero-order valence-electron chi connectivity index (χ0n) is 11.0. The summed E-state index contributed by atoms with van der Waals surface area (Å²) in [6.45, 7) is 2.65. The minimum atomic E-state index is 0.124. The largest absolute Gasteiger partial charge is 0.373 e. The van der Waals surface area contributed by atoms with Crippen LogP contribution in [0.1, 0.15) is 18.4 Å². The molecule has 1 amide bonds. The average molecular weight is 257 g/mol. The summed E-state index contributed by atoms with van der Waals surface area (Å²) in [5, 5.41) is 0. The van der Waals surface area contributed by atoms with Crippen LogP contribution in [0.15, 0.2) is 36.4 Å². The second-order valence-electron chi connectivity index (χ2n) is 5.28. The van der Waals surface area contributed by atoms with Crippen LogP contribution >= 0.6 is 0 Å². The number of amides is 1. The highest BCUT2D eigenvalue weighted by molar-refractivity contribution is 5.91. The Balaban J connectivity index is 1.52. The van der Waals surface area contributed by atoms with Gasteiger partial charge in [0.2, 0.25) is 5.91 Å². The van der Waals surface area contributed by atoms with Crippen LogP contribution < -0.4 is 0 Å². The summed E-state index contributed by atoms with van der Waals surface area (Å²) in [5.74, 6) is 0.793. The molecule has 2 saturated heterocycles. The topological polar surface area (TPSA) is 32.8 Å². The summed E-state index contributed by atoms with van der Waals surface area (Å²) in [6, 6.07) is 9.93. The van der Waals surface area contributed by atoms with E-state index in [0.29, 0.717) is 12.0 Å². The molecule has 1 aromatic carbocycles. The Bertz CT molecular complexity index is 457. The summed E-state index contributed by atoms with van der Waals surface area (Å²) in [4.78, 5) is 14.0. The number of epoxide rings is 1. The zero-order valence-corrected chi connectivity index (χ0v) is 11.0. The molecule has 3 nitrogen and oxygen atoms in total. The first-order valence-electron chi connectivity index (χ1n) is 6.96. The minimum absolute atomic E-state index is 0.124. The Hall–Kier alpha value is -1.61. The Kier molecular flexibility index (Phi) is 3.65. The zero-order chi connectivity index (χ0) is 13.1. The van der Waals surface area contributed by atoms with E-state index < -0.39 is 0 Å².